The summed E-state index contributed by atoms with van der Waals surface area (Å²) in [7, 11) is 0. The molecule has 0 saturated carbocycles. The lowest BCUT2D eigenvalue weighted by atomic mass is 9.99. The lowest BCUT2D eigenvalue weighted by molar-refractivity contribution is 0.628. The van der Waals surface area contributed by atoms with E-state index in [9.17, 15) is 9.65 Å². The van der Waals surface area contributed by atoms with Crippen molar-refractivity contribution in [2.45, 2.75) is 19.4 Å². The van der Waals surface area contributed by atoms with Gasteiger partial charge in [0, 0.05) is 5.69 Å². The second kappa shape index (κ2) is 6.01. The third-order valence-corrected chi connectivity index (χ3v) is 3.01. The summed E-state index contributed by atoms with van der Waals surface area (Å²) in [5, 5.41) is 12.4. The molecule has 0 bridgehead atoms. The van der Waals surface area contributed by atoms with E-state index in [4.69, 9.17) is 0 Å². The van der Waals surface area contributed by atoms with E-state index in [1.54, 1.807) is 12.1 Å². The molecule has 2 aromatic rings. The second-order valence-electron chi connectivity index (χ2n) is 4.27. The van der Waals surface area contributed by atoms with Gasteiger partial charge in [0.15, 0.2) is 0 Å². The second-order valence-corrected chi connectivity index (χ2v) is 4.27. The maximum atomic E-state index is 13.1. The van der Waals surface area contributed by atoms with Gasteiger partial charge in [0.25, 0.3) is 0 Å². The first kappa shape index (κ1) is 13.1. The van der Waals surface area contributed by atoms with Gasteiger partial charge >= 0.3 is 0 Å². The molecule has 0 aliphatic rings. The van der Waals surface area contributed by atoms with Crippen molar-refractivity contribution in [3.8, 4) is 6.07 Å². The average Bonchev–Trinajstić information content (AvgIpc) is 2.45. The molecule has 96 valence electrons. The number of halogens is 1. The zero-order valence-electron chi connectivity index (χ0n) is 10.7. The fraction of sp³-hybridized carbons (Fsp3) is 0.188. The van der Waals surface area contributed by atoms with Crippen LogP contribution in [0.4, 0.5) is 10.1 Å². The van der Waals surface area contributed by atoms with Crippen molar-refractivity contribution >= 4 is 5.69 Å². The van der Waals surface area contributed by atoms with Gasteiger partial charge in [-0.3, -0.25) is 0 Å². The summed E-state index contributed by atoms with van der Waals surface area (Å²) in [6.45, 7) is 2.05. The van der Waals surface area contributed by atoms with Gasteiger partial charge in [-0.15, -0.1) is 0 Å². The lowest BCUT2D eigenvalue weighted by Gasteiger charge is -2.16. The summed E-state index contributed by atoms with van der Waals surface area (Å²) in [5.74, 6) is -0.314. The van der Waals surface area contributed by atoms with Crippen LogP contribution < -0.4 is 5.32 Å². The summed E-state index contributed by atoms with van der Waals surface area (Å²) in [6, 6.07) is 15.7. The van der Waals surface area contributed by atoms with Crippen molar-refractivity contribution in [1.29, 1.82) is 5.26 Å². The van der Waals surface area contributed by atoms with Gasteiger partial charge in [-0.25, -0.2) is 4.39 Å². The average molecular weight is 254 g/mol. The first-order valence-corrected chi connectivity index (χ1v) is 6.24. The molecule has 19 heavy (non-hydrogen) atoms. The molecular formula is C16H15FN2. The van der Waals surface area contributed by atoms with Crippen LogP contribution in [0, 0.1) is 17.1 Å². The van der Waals surface area contributed by atoms with Crippen LogP contribution in [-0.4, -0.2) is 0 Å². The van der Waals surface area contributed by atoms with Gasteiger partial charge in [-0.2, -0.15) is 5.26 Å². The van der Waals surface area contributed by atoms with Crippen LogP contribution in [0.3, 0.4) is 0 Å². The third-order valence-electron chi connectivity index (χ3n) is 3.01. The van der Waals surface area contributed by atoms with Crippen molar-refractivity contribution in [2.24, 2.45) is 0 Å². The molecule has 0 spiro atoms. The van der Waals surface area contributed by atoms with Gasteiger partial charge in [-0.1, -0.05) is 37.3 Å². The Morgan fingerprint density at radius 1 is 1.21 bits per heavy atom. The Balaban J connectivity index is 2.28. The molecule has 0 aliphatic heterocycles. The zero-order chi connectivity index (χ0) is 13.7. The van der Waals surface area contributed by atoms with Crippen LogP contribution in [0.25, 0.3) is 0 Å². The van der Waals surface area contributed by atoms with E-state index in [0.29, 0.717) is 5.69 Å². The Kier molecular flexibility index (Phi) is 4.15. The topological polar surface area (TPSA) is 35.8 Å². The smallest absolute Gasteiger partial charge is 0.140 e. The van der Waals surface area contributed by atoms with Gasteiger partial charge in [0.2, 0.25) is 0 Å². The maximum absolute atomic E-state index is 13.1. The van der Waals surface area contributed by atoms with Crippen LogP contribution in [0.1, 0.15) is 24.1 Å². The number of aryl methyl sites for hydroxylation is 1. The highest BCUT2D eigenvalue weighted by Crippen LogP contribution is 2.23. The first-order valence-electron chi connectivity index (χ1n) is 6.24. The van der Waals surface area contributed by atoms with Crippen molar-refractivity contribution < 1.29 is 4.39 Å². The van der Waals surface area contributed by atoms with Crippen LogP contribution in [0.15, 0.2) is 48.5 Å². The fourth-order valence-electron chi connectivity index (χ4n) is 2.06. The minimum absolute atomic E-state index is 0.314. The van der Waals surface area contributed by atoms with E-state index >= 15 is 0 Å². The first-order chi connectivity index (χ1) is 9.24. The molecule has 2 nitrogen and oxygen atoms in total. The molecule has 1 N–H and O–H groups in total. The number of benzene rings is 2. The number of rotatable bonds is 4. The summed E-state index contributed by atoms with van der Waals surface area (Å²) in [6.07, 6.45) is 0.860. The molecule has 3 heteroatoms. The molecule has 0 fully saturated rings. The number of anilines is 1. The molecule has 2 rings (SSSR count). The summed E-state index contributed by atoms with van der Waals surface area (Å²) >= 11 is 0. The molecular weight excluding hydrogens is 239 g/mol. The predicted molar refractivity (Wildman–Crippen MR) is 74.2 cm³/mol. The molecule has 0 saturated heterocycles. The van der Waals surface area contributed by atoms with Crippen molar-refractivity contribution in [3.05, 3.63) is 65.5 Å². The molecule has 0 aromatic heterocycles. The number of nitrogens with one attached hydrogen (secondary N) is 1. The van der Waals surface area contributed by atoms with Crippen LogP contribution >= 0.6 is 0 Å². The van der Waals surface area contributed by atoms with E-state index in [1.807, 2.05) is 24.3 Å². The minimum Gasteiger partial charge on any atom is -0.366 e. The van der Waals surface area contributed by atoms with Gasteiger partial charge < -0.3 is 5.32 Å². The number of nitriles is 1. The predicted octanol–water partition coefficient (Wildman–Crippen LogP) is 4.06. The molecule has 2 aromatic carbocycles. The molecule has 0 amide bonds. The van der Waals surface area contributed by atoms with E-state index in [-0.39, 0.29) is 5.82 Å². The largest absolute Gasteiger partial charge is 0.366 e. The Labute approximate surface area is 112 Å². The molecule has 0 aliphatic carbocycles. The standard InChI is InChI=1S/C16H15FN2/c1-2-12-6-3-4-9-15(12)16(11-18)19-14-8-5-7-13(17)10-14/h3-10,16,19H,2H2,1H3. The highest BCUT2D eigenvalue weighted by Gasteiger charge is 2.13. The Bertz CT molecular complexity index is 602. The zero-order valence-corrected chi connectivity index (χ0v) is 10.7. The van der Waals surface area contributed by atoms with Gasteiger partial charge in [0.1, 0.15) is 11.9 Å². The Morgan fingerprint density at radius 2 is 2.00 bits per heavy atom. The molecule has 1 unspecified atom stereocenters. The maximum Gasteiger partial charge on any atom is 0.140 e. The summed E-state index contributed by atoms with van der Waals surface area (Å²) < 4.78 is 13.1. The summed E-state index contributed by atoms with van der Waals surface area (Å²) in [5.41, 5.74) is 2.67. The van der Waals surface area contributed by atoms with Gasteiger partial charge in [-0.05, 0) is 35.7 Å². The van der Waals surface area contributed by atoms with Gasteiger partial charge in [0.05, 0.1) is 6.07 Å². The third kappa shape index (κ3) is 3.11. The molecule has 0 heterocycles. The normalized spacial score (nSPS) is 11.6. The van der Waals surface area contributed by atoms with E-state index in [1.165, 1.54) is 12.1 Å². The number of nitrogens with zero attached hydrogens (tertiary/aromatic N) is 1. The van der Waals surface area contributed by atoms with E-state index < -0.39 is 6.04 Å². The molecule has 1 atom stereocenters. The Hall–Kier alpha value is -2.34. The van der Waals surface area contributed by atoms with Crippen LogP contribution in [-0.2, 0) is 6.42 Å². The highest BCUT2D eigenvalue weighted by molar-refractivity contribution is 5.48. The number of hydrogen-bond donors (Lipinski definition) is 1. The van der Waals surface area contributed by atoms with E-state index in [2.05, 4.69) is 18.3 Å². The SMILES string of the molecule is CCc1ccccc1C(C#N)Nc1cccc(F)c1. The number of hydrogen-bond acceptors (Lipinski definition) is 2. The van der Waals surface area contributed by atoms with Crippen LogP contribution in [0.5, 0.6) is 0 Å². The van der Waals surface area contributed by atoms with E-state index in [0.717, 1.165) is 17.5 Å². The quantitative estimate of drug-likeness (QED) is 0.892. The fourth-order valence-corrected chi connectivity index (χ4v) is 2.06. The lowest BCUT2D eigenvalue weighted by Crippen LogP contribution is -2.10. The van der Waals surface area contributed by atoms with Crippen molar-refractivity contribution in [3.63, 3.8) is 0 Å². The molecule has 0 radical (unpaired) electrons. The van der Waals surface area contributed by atoms with Crippen molar-refractivity contribution in [2.75, 3.05) is 5.32 Å². The van der Waals surface area contributed by atoms with Crippen LogP contribution in [0.2, 0.25) is 0 Å². The minimum atomic E-state index is -0.474. The summed E-state index contributed by atoms with van der Waals surface area (Å²) in [4.78, 5) is 0. The van der Waals surface area contributed by atoms with Crippen molar-refractivity contribution in [1.82, 2.24) is 0 Å². The monoisotopic (exact) mass is 254 g/mol. The highest BCUT2D eigenvalue weighted by atomic mass is 19.1. The Morgan fingerprint density at radius 3 is 2.68 bits per heavy atom.